The molecule has 0 aliphatic heterocycles. The minimum absolute atomic E-state index is 0.384. The third-order valence-corrected chi connectivity index (χ3v) is 4.28. The van der Waals surface area contributed by atoms with E-state index in [4.69, 9.17) is 10.5 Å². The van der Waals surface area contributed by atoms with Gasteiger partial charge in [0.05, 0.1) is 11.1 Å². The number of nitrogens with two attached hydrogens (primary N) is 1. The lowest BCUT2D eigenvalue weighted by atomic mass is 9.90. The molecule has 5 nitrogen and oxygen atoms in total. The molecule has 2 heterocycles. The minimum atomic E-state index is 0.384. The van der Waals surface area contributed by atoms with Gasteiger partial charge in [-0.05, 0) is 34.7 Å². The summed E-state index contributed by atoms with van der Waals surface area (Å²) in [6.07, 6.45) is 8.42. The second-order valence-electron chi connectivity index (χ2n) is 5.09. The van der Waals surface area contributed by atoms with Crippen molar-refractivity contribution in [2.45, 2.75) is 32.1 Å². The average Bonchev–Trinajstić information content (AvgIpc) is 2.78. The van der Waals surface area contributed by atoms with Gasteiger partial charge in [-0.25, -0.2) is 0 Å². The molecule has 0 bridgehead atoms. The second kappa shape index (κ2) is 5.36. The van der Waals surface area contributed by atoms with E-state index in [-0.39, 0.29) is 0 Å². The molecule has 2 aromatic heterocycles. The van der Waals surface area contributed by atoms with E-state index in [1.165, 1.54) is 32.1 Å². The molecule has 0 atom stereocenters. The van der Waals surface area contributed by atoms with E-state index in [1.54, 1.807) is 4.40 Å². The van der Waals surface area contributed by atoms with Crippen molar-refractivity contribution < 1.29 is 4.74 Å². The lowest BCUT2D eigenvalue weighted by Crippen LogP contribution is -2.15. The van der Waals surface area contributed by atoms with E-state index in [9.17, 15) is 0 Å². The van der Waals surface area contributed by atoms with Gasteiger partial charge >= 0.3 is 0 Å². The first-order valence-electron chi connectivity index (χ1n) is 6.66. The monoisotopic (exact) mass is 324 g/mol. The normalized spacial score (nSPS) is 16.9. The Kier molecular flexibility index (Phi) is 3.59. The van der Waals surface area contributed by atoms with Crippen LogP contribution >= 0.6 is 15.9 Å². The van der Waals surface area contributed by atoms with Crippen LogP contribution in [0.5, 0.6) is 5.75 Å². The quantitative estimate of drug-likeness (QED) is 0.942. The fourth-order valence-corrected chi connectivity index (χ4v) is 3.02. The van der Waals surface area contributed by atoms with Gasteiger partial charge in [0.2, 0.25) is 5.95 Å². The molecule has 1 saturated carbocycles. The molecule has 3 rings (SSSR count). The maximum atomic E-state index is 5.92. The van der Waals surface area contributed by atoms with Gasteiger partial charge in [0.15, 0.2) is 5.65 Å². The Balaban J connectivity index is 1.74. The van der Waals surface area contributed by atoms with Crippen LogP contribution in [0.25, 0.3) is 5.65 Å². The smallest absolute Gasteiger partial charge is 0.226 e. The molecule has 2 aromatic rings. The highest BCUT2D eigenvalue weighted by molar-refractivity contribution is 9.10. The van der Waals surface area contributed by atoms with Crippen LogP contribution in [0.15, 0.2) is 16.7 Å². The van der Waals surface area contributed by atoms with Gasteiger partial charge in [-0.3, -0.25) is 4.40 Å². The zero-order valence-corrected chi connectivity index (χ0v) is 12.3. The van der Waals surface area contributed by atoms with Crippen LogP contribution in [-0.2, 0) is 0 Å². The lowest BCUT2D eigenvalue weighted by molar-refractivity contribution is 0.208. The number of aromatic nitrogens is 3. The number of fused-ring (bicyclic) bond motifs is 1. The second-order valence-corrected chi connectivity index (χ2v) is 5.94. The summed E-state index contributed by atoms with van der Waals surface area (Å²) in [7, 11) is 0. The predicted octanol–water partition coefficient (Wildman–Crippen LogP) is 3.03. The SMILES string of the molecule is Nc1nnc2cc(OCC3CCCCC3)c(Br)cn12. The van der Waals surface area contributed by atoms with Gasteiger partial charge in [-0.15, -0.1) is 10.2 Å². The van der Waals surface area contributed by atoms with Crippen LogP contribution in [0, 0.1) is 5.92 Å². The Labute approximate surface area is 120 Å². The fraction of sp³-hybridized carbons (Fsp3) is 0.538. The van der Waals surface area contributed by atoms with Gasteiger partial charge in [0.1, 0.15) is 5.75 Å². The first-order valence-corrected chi connectivity index (χ1v) is 7.46. The molecule has 0 unspecified atom stereocenters. The first-order chi connectivity index (χ1) is 9.24. The predicted molar refractivity (Wildman–Crippen MR) is 77.2 cm³/mol. The largest absolute Gasteiger partial charge is 0.492 e. The molecule has 1 aliphatic carbocycles. The summed E-state index contributed by atoms with van der Waals surface area (Å²) in [5.74, 6) is 1.87. The fourth-order valence-electron chi connectivity index (χ4n) is 2.58. The molecular weight excluding hydrogens is 308 g/mol. The van der Waals surface area contributed by atoms with E-state index >= 15 is 0 Å². The molecule has 0 radical (unpaired) electrons. The van der Waals surface area contributed by atoms with Crippen molar-refractivity contribution >= 4 is 27.5 Å². The number of hydrogen-bond donors (Lipinski definition) is 1. The minimum Gasteiger partial charge on any atom is -0.492 e. The highest BCUT2D eigenvalue weighted by Gasteiger charge is 2.15. The summed E-state index contributed by atoms with van der Waals surface area (Å²) >= 11 is 3.50. The number of nitrogen functional groups attached to an aromatic ring is 1. The number of hydrogen-bond acceptors (Lipinski definition) is 4. The van der Waals surface area contributed by atoms with E-state index in [0.29, 0.717) is 17.5 Å². The topological polar surface area (TPSA) is 65.4 Å². The van der Waals surface area contributed by atoms with Crippen LogP contribution < -0.4 is 10.5 Å². The Morgan fingerprint density at radius 1 is 1.32 bits per heavy atom. The zero-order chi connectivity index (χ0) is 13.2. The molecule has 2 N–H and O–H groups in total. The Morgan fingerprint density at radius 2 is 2.11 bits per heavy atom. The van der Waals surface area contributed by atoms with Crippen LogP contribution in [0.4, 0.5) is 5.95 Å². The number of anilines is 1. The van der Waals surface area contributed by atoms with E-state index in [1.807, 2.05) is 12.3 Å². The third-order valence-electron chi connectivity index (χ3n) is 3.69. The number of ether oxygens (including phenoxy) is 1. The van der Waals surface area contributed by atoms with E-state index in [2.05, 4.69) is 26.1 Å². The molecule has 19 heavy (non-hydrogen) atoms. The summed E-state index contributed by atoms with van der Waals surface area (Å²) in [5.41, 5.74) is 6.42. The molecular formula is C13H17BrN4O. The molecule has 1 fully saturated rings. The summed E-state index contributed by atoms with van der Waals surface area (Å²) in [6.45, 7) is 0.776. The number of rotatable bonds is 3. The lowest BCUT2D eigenvalue weighted by Gasteiger charge is -2.22. The molecule has 0 aromatic carbocycles. The standard InChI is InChI=1S/C13H17BrN4O/c14-10-7-18-12(16-17-13(18)15)6-11(10)19-8-9-4-2-1-3-5-9/h6-7,9H,1-5,8H2,(H2,15,17). The molecule has 6 heteroatoms. The molecule has 1 aliphatic rings. The number of pyridine rings is 1. The maximum Gasteiger partial charge on any atom is 0.226 e. The summed E-state index contributed by atoms with van der Waals surface area (Å²) in [6, 6.07) is 1.87. The Bertz CT molecular complexity index is 577. The van der Waals surface area contributed by atoms with Crippen molar-refractivity contribution in [1.82, 2.24) is 14.6 Å². The first kappa shape index (κ1) is 12.7. The number of halogens is 1. The van der Waals surface area contributed by atoms with Crippen molar-refractivity contribution in [2.24, 2.45) is 5.92 Å². The van der Waals surface area contributed by atoms with Crippen molar-refractivity contribution in [3.05, 3.63) is 16.7 Å². The number of nitrogens with zero attached hydrogens (tertiary/aromatic N) is 3. The molecule has 0 spiro atoms. The summed E-state index contributed by atoms with van der Waals surface area (Å²) in [4.78, 5) is 0. The van der Waals surface area contributed by atoms with E-state index < -0.39 is 0 Å². The molecule has 0 saturated heterocycles. The third kappa shape index (κ3) is 2.68. The van der Waals surface area contributed by atoms with Crippen molar-refractivity contribution in [1.29, 1.82) is 0 Å². The maximum absolute atomic E-state index is 5.92. The van der Waals surface area contributed by atoms with E-state index in [0.717, 1.165) is 16.8 Å². The average molecular weight is 325 g/mol. The Morgan fingerprint density at radius 3 is 2.89 bits per heavy atom. The van der Waals surface area contributed by atoms with Gasteiger partial charge in [-0.2, -0.15) is 0 Å². The van der Waals surface area contributed by atoms with Crippen LogP contribution in [0.3, 0.4) is 0 Å². The highest BCUT2D eigenvalue weighted by Crippen LogP contribution is 2.29. The molecule has 102 valence electrons. The van der Waals surface area contributed by atoms with Gasteiger partial charge < -0.3 is 10.5 Å². The highest BCUT2D eigenvalue weighted by atomic mass is 79.9. The van der Waals surface area contributed by atoms with Crippen LogP contribution in [-0.4, -0.2) is 21.2 Å². The van der Waals surface area contributed by atoms with Crippen LogP contribution in [0.2, 0.25) is 0 Å². The van der Waals surface area contributed by atoms with Gasteiger partial charge in [-0.1, -0.05) is 19.3 Å². The van der Waals surface area contributed by atoms with Crippen molar-refractivity contribution in [2.75, 3.05) is 12.3 Å². The van der Waals surface area contributed by atoms with Crippen LogP contribution in [0.1, 0.15) is 32.1 Å². The zero-order valence-electron chi connectivity index (χ0n) is 10.7. The summed E-state index contributed by atoms with van der Waals surface area (Å²) < 4.78 is 8.54. The van der Waals surface area contributed by atoms with Gasteiger partial charge in [0, 0.05) is 12.3 Å². The van der Waals surface area contributed by atoms with Crippen molar-refractivity contribution in [3.8, 4) is 5.75 Å². The summed E-state index contributed by atoms with van der Waals surface area (Å²) in [5, 5.41) is 7.84. The van der Waals surface area contributed by atoms with Gasteiger partial charge in [0.25, 0.3) is 0 Å². The molecule has 0 amide bonds. The van der Waals surface area contributed by atoms with Crippen molar-refractivity contribution in [3.63, 3.8) is 0 Å². The Hall–Kier alpha value is -1.30.